The Labute approximate surface area is 105 Å². The van der Waals surface area contributed by atoms with Crippen molar-refractivity contribution >= 4 is 39.7 Å². The van der Waals surface area contributed by atoms with Crippen molar-refractivity contribution < 1.29 is 24.6 Å². The summed E-state index contributed by atoms with van der Waals surface area (Å²) in [6.07, 6.45) is 0. The van der Waals surface area contributed by atoms with Gasteiger partial charge in [0.2, 0.25) is 5.91 Å². The predicted octanol–water partition coefficient (Wildman–Crippen LogP) is 1.75. The maximum atomic E-state index is 11.2. The first-order valence-electron chi connectivity index (χ1n) is 4.42. The lowest BCUT2D eigenvalue weighted by Gasteiger charge is -2.17. The zero-order valence-electron chi connectivity index (χ0n) is 8.68. The van der Waals surface area contributed by atoms with Crippen molar-refractivity contribution in [2.45, 2.75) is 6.92 Å². The molecule has 0 heterocycles. The van der Waals surface area contributed by atoms with Crippen LogP contribution in [-0.4, -0.2) is 28.1 Å². The van der Waals surface area contributed by atoms with Gasteiger partial charge in [0.25, 0.3) is 0 Å². The summed E-state index contributed by atoms with van der Waals surface area (Å²) in [5.41, 5.74) is -0.728. The Kier molecular flexibility index (Phi) is 3.84. The van der Waals surface area contributed by atoms with Gasteiger partial charge in [-0.05, 0) is 12.1 Å². The zero-order chi connectivity index (χ0) is 13.2. The highest BCUT2D eigenvalue weighted by atomic mass is 79.9. The van der Waals surface area contributed by atoms with E-state index in [0.717, 1.165) is 3.93 Å². The topological polar surface area (TPSA) is 94.9 Å². The number of anilines is 1. The maximum absolute atomic E-state index is 11.2. The van der Waals surface area contributed by atoms with Crippen LogP contribution in [0.1, 0.15) is 27.6 Å². The second-order valence-corrected chi connectivity index (χ2v) is 3.82. The fourth-order valence-corrected chi connectivity index (χ4v) is 1.64. The molecule has 0 aliphatic rings. The van der Waals surface area contributed by atoms with E-state index < -0.39 is 17.8 Å². The van der Waals surface area contributed by atoms with Gasteiger partial charge in [-0.15, -0.1) is 0 Å². The molecule has 0 saturated carbocycles. The van der Waals surface area contributed by atoms with Crippen LogP contribution in [0.2, 0.25) is 0 Å². The van der Waals surface area contributed by atoms with Gasteiger partial charge in [0.15, 0.2) is 0 Å². The van der Waals surface area contributed by atoms with Gasteiger partial charge in [-0.2, -0.15) is 0 Å². The van der Waals surface area contributed by atoms with Crippen molar-refractivity contribution in [2.75, 3.05) is 3.93 Å². The highest BCUT2D eigenvalue weighted by molar-refractivity contribution is 9.10. The number of para-hydroxylation sites is 1. The number of nitrogens with zero attached hydrogens (tertiary/aromatic N) is 1. The molecule has 0 aliphatic carbocycles. The number of hydrogen-bond donors (Lipinski definition) is 2. The van der Waals surface area contributed by atoms with Gasteiger partial charge in [-0.1, -0.05) is 6.07 Å². The predicted molar refractivity (Wildman–Crippen MR) is 62.4 cm³/mol. The number of halogens is 1. The molecule has 17 heavy (non-hydrogen) atoms. The van der Waals surface area contributed by atoms with Crippen LogP contribution >= 0.6 is 16.1 Å². The molecule has 0 atom stereocenters. The van der Waals surface area contributed by atoms with E-state index in [1.54, 1.807) is 0 Å². The first kappa shape index (κ1) is 13.2. The molecule has 0 aromatic heterocycles. The third-order valence-corrected chi connectivity index (χ3v) is 2.82. The minimum absolute atomic E-state index is 0.194. The third-order valence-electron chi connectivity index (χ3n) is 1.97. The molecule has 0 bridgehead atoms. The summed E-state index contributed by atoms with van der Waals surface area (Å²) in [6.45, 7) is 1.18. The van der Waals surface area contributed by atoms with E-state index in [0.29, 0.717) is 0 Å². The van der Waals surface area contributed by atoms with Gasteiger partial charge in [0.1, 0.15) is 0 Å². The van der Waals surface area contributed by atoms with E-state index in [1.807, 2.05) is 0 Å². The summed E-state index contributed by atoms with van der Waals surface area (Å²) in [6, 6.07) is 3.75. The third kappa shape index (κ3) is 2.62. The van der Waals surface area contributed by atoms with Crippen LogP contribution in [0.15, 0.2) is 18.2 Å². The first-order chi connectivity index (χ1) is 7.86. The van der Waals surface area contributed by atoms with E-state index in [-0.39, 0.29) is 16.8 Å². The van der Waals surface area contributed by atoms with E-state index >= 15 is 0 Å². The SMILES string of the molecule is CC(=O)N(Br)c1c(C(=O)O)cccc1C(=O)O. The monoisotopic (exact) mass is 301 g/mol. The number of aromatic carboxylic acids is 2. The normalized spacial score (nSPS) is 9.76. The number of carbonyl (C=O) groups excluding carboxylic acids is 1. The Balaban J connectivity index is 3.54. The highest BCUT2D eigenvalue weighted by Crippen LogP contribution is 2.28. The lowest BCUT2D eigenvalue weighted by Crippen LogP contribution is -2.21. The second-order valence-electron chi connectivity index (χ2n) is 3.11. The van der Waals surface area contributed by atoms with E-state index in [9.17, 15) is 14.4 Å². The van der Waals surface area contributed by atoms with Crippen molar-refractivity contribution in [3.63, 3.8) is 0 Å². The molecule has 0 radical (unpaired) electrons. The molecule has 1 amide bonds. The van der Waals surface area contributed by atoms with Gasteiger partial charge in [0.05, 0.1) is 33.0 Å². The smallest absolute Gasteiger partial charge is 0.337 e. The number of benzene rings is 1. The molecule has 0 spiro atoms. The zero-order valence-corrected chi connectivity index (χ0v) is 10.3. The molecule has 7 heteroatoms. The van der Waals surface area contributed by atoms with Crippen LogP contribution in [0, 0.1) is 0 Å². The van der Waals surface area contributed by atoms with Crippen LogP contribution in [0.3, 0.4) is 0 Å². The van der Waals surface area contributed by atoms with E-state index in [4.69, 9.17) is 10.2 Å². The fourth-order valence-electron chi connectivity index (χ4n) is 1.26. The molecule has 6 nitrogen and oxygen atoms in total. The van der Waals surface area contributed by atoms with E-state index in [1.165, 1.54) is 25.1 Å². The summed E-state index contributed by atoms with van der Waals surface area (Å²) in [5.74, 6) is -3.15. The Bertz CT molecular complexity index is 467. The van der Waals surface area contributed by atoms with Crippen molar-refractivity contribution in [1.29, 1.82) is 0 Å². The van der Waals surface area contributed by atoms with Gasteiger partial charge < -0.3 is 10.2 Å². The quantitative estimate of drug-likeness (QED) is 0.829. The number of carboxylic acids is 2. The Morgan fingerprint density at radius 1 is 1.12 bits per heavy atom. The van der Waals surface area contributed by atoms with Crippen molar-refractivity contribution in [3.8, 4) is 0 Å². The van der Waals surface area contributed by atoms with Crippen molar-refractivity contribution in [3.05, 3.63) is 29.3 Å². The summed E-state index contributed by atoms with van der Waals surface area (Å²) in [4.78, 5) is 33.1. The lowest BCUT2D eigenvalue weighted by molar-refractivity contribution is -0.115. The summed E-state index contributed by atoms with van der Waals surface area (Å²) >= 11 is 2.85. The van der Waals surface area contributed by atoms with Gasteiger partial charge in [-0.3, -0.25) is 4.79 Å². The van der Waals surface area contributed by atoms with Crippen LogP contribution in [0.5, 0.6) is 0 Å². The molecule has 0 saturated heterocycles. The van der Waals surface area contributed by atoms with Crippen molar-refractivity contribution in [2.24, 2.45) is 0 Å². The molecule has 90 valence electrons. The van der Waals surface area contributed by atoms with Gasteiger partial charge in [0, 0.05) is 6.92 Å². The minimum atomic E-state index is -1.31. The minimum Gasteiger partial charge on any atom is -0.478 e. The summed E-state index contributed by atoms with van der Waals surface area (Å²) in [7, 11) is 0. The molecule has 2 N–H and O–H groups in total. The van der Waals surface area contributed by atoms with Gasteiger partial charge in [-0.25, -0.2) is 13.5 Å². The maximum Gasteiger partial charge on any atom is 0.337 e. The average Bonchev–Trinajstić information content (AvgIpc) is 2.26. The molecule has 1 aromatic rings. The fraction of sp³-hybridized carbons (Fsp3) is 0.100. The lowest BCUT2D eigenvalue weighted by atomic mass is 10.1. The molecule has 0 unspecified atom stereocenters. The van der Waals surface area contributed by atoms with Gasteiger partial charge >= 0.3 is 11.9 Å². The van der Waals surface area contributed by atoms with Crippen LogP contribution in [-0.2, 0) is 4.79 Å². The number of carbonyl (C=O) groups is 3. The van der Waals surface area contributed by atoms with Crippen LogP contribution < -0.4 is 3.93 Å². The summed E-state index contributed by atoms with van der Waals surface area (Å²) in [5, 5.41) is 17.9. The Hall–Kier alpha value is -1.89. The average molecular weight is 302 g/mol. The largest absolute Gasteiger partial charge is 0.478 e. The summed E-state index contributed by atoms with van der Waals surface area (Å²) < 4.78 is 0.819. The molecule has 1 aromatic carbocycles. The molecule has 0 aliphatic heterocycles. The molecule has 0 fully saturated rings. The first-order valence-corrected chi connectivity index (χ1v) is 5.13. The van der Waals surface area contributed by atoms with Crippen molar-refractivity contribution in [1.82, 2.24) is 0 Å². The van der Waals surface area contributed by atoms with Crippen LogP contribution in [0.25, 0.3) is 0 Å². The molecular weight excluding hydrogens is 294 g/mol. The number of carboxylic acid groups (broad SMARTS) is 2. The molecular formula is C10H8BrNO5. The number of amides is 1. The number of rotatable bonds is 3. The highest BCUT2D eigenvalue weighted by Gasteiger charge is 2.24. The Morgan fingerprint density at radius 3 is 1.82 bits per heavy atom. The Morgan fingerprint density at radius 2 is 1.53 bits per heavy atom. The number of hydrogen-bond acceptors (Lipinski definition) is 3. The van der Waals surface area contributed by atoms with E-state index in [2.05, 4.69) is 16.1 Å². The second kappa shape index (κ2) is 4.96. The van der Waals surface area contributed by atoms with Crippen LogP contribution in [0.4, 0.5) is 5.69 Å². The standard InChI is InChI=1S/C10H8BrNO5/c1-5(13)12(11)8-6(9(14)15)3-2-4-7(8)10(16)17/h2-4H,1H3,(H,14,15)(H,16,17). The molecule has 1 rings (SSSR count).